The molecule has 0 aliphatic carbocycles. The molecular weight excluding hydrogens is 514 g/mol. The summed E-state index contributed by atoms with van der Waals surface area (Å²) >= 11 is 3.00. The summed E-state index contributed by atoms with van der Waals surface area (Å²) in [6, 6.07) is 23.5. The molecule has 0 unspecified atom stereocenters. The van der Waals surface area contributed by atoms with Gasteiger partial charge in [0.25, 0.3) is 11.8 Å². The Morgan fingerprint density at radius 1 is 0.947 bits per heavy atom. The van der Waals surface area contributed by atoms with Gasteiger partial charge in [0.05, 0.1) is 28.6 Å². The van der Waals surface area contributed by atoms with E-state index in [9.17, 15) is 9.59 Å². The lowest BCUT2D eigenvalue weighted by atomic mass is 10.1. The second-order valence-corrected chi connectivity index (χ2v) is 10.8. The molecule has 5 rings (SSSR count). The number of nitrogens with one attached hydrogen (secondary N) is 2. The molecule has 2 amide bonds. The van der Waals surface area contributed by atoms with Gasteiger partial charge in [0, 0.05) is 30.6 Å². The number of fused-ring (bicyclic) bond motifs is 1. The standard InChI is InChI=1S/C29H29N5O2S2/c1-4-30-22-17-20(26(35)31-5-2)15-16-21(22)32-29-34(18-19-11-7-6-8-12-19)27(36)25(38-29)28-33(3)23-13-9-10-14-24(23)37-28/h6-17,30H,4-5,18H2,1-3H3,(H,31,35)/b28-25-,32-29?. The number of thioether (sulfide) groups is 2. The second-order valence-electron chi connectivity index (χ2n) is 8.76. The van der Waals surface area contributed by atoms with Crippen LogP contribution in [0.4, 0.5) is 17.1 Å². The molecule has 3 aromatic carbocycles. The molecule has 2 aliphatic rings. The Morgan fingerprint density at radius 3 is 2.45 bits per heavy atom. The lowest BCUT2D eigenvalue weighted by Gasteiger charge is -2.17. The van der Waals surface area contributed by atoms with Gasteiger partial charge in [-0.25, -0.2) is 4.99 Å². The molecule has 1 fully saturated rings. The van der Waals surface area contributed by atoms with Crippen LogP contribution < -0.4 is 15.5 Å². The summed E-state index contributed by atoms with van der Waals surface area (Å²) < 4.78 is 0. The number of rotatable bonds is 7. The molecule has 1 saturated heterocycles. The van der Waals surface area contributed by atoms with Crippen molar-refractivity contribution in [3.8, 4) is 0 Å². The largest absolute Gasteiger partial charge is 0.384 e. The van der Waals surface area contributed by atoms with Crippen LogP contribution in [0.15, 0.2) is 92.6 Å². The van der Waals surface area contributed by atoms with Gasteiger partial charge in [-0.05, 0) is 61.5 Å². The number of amides is 2. The quantitative estimate of drug-likeness (QED) is 0.354. The van der Waals surface area contributed by atoms with E-state index in [2.05, 4.69) is 27.7 Å². The Morgan fingerprint density at radius 2 is 1.71 bits per heavy atom. The summed E-state index contributed by atoms with van der Waals surface area (Å²) in [6.07, 6.45) is 0. The van der Waals surface area contributed by atoms with Crippen molar-refractivity contribution in [3.05, 3.63) is 93.9 Å². The van der Waals surface area contributed by atoms with Crippen molar-refractivity contribution in [3.63, 3.8) is 0 Å². The summed E-state index contributed by atoms with van der Waals surface area (Å²) in [5.41, 5.74) is 4.10. The van der Waals surface area contributed by atoms with Crippen molar-refractivity contribution in [1.82, 2.24) is 10.2 Å². The van der Waals surface area contributed by atoms with Gasteiger partial charge >= 0.3 is 0 Å². The molecule has 0 bridgehead atoms. The number of amidine groups is 1. The molecule has 9 heteroatoms. The molecule has 0 radical (unpaired) electrons. The SMILES string of the molecule is CCNC(=O)c1ccc(N=C2S/C(=C3\Sc4ccccc4N3C)C(=O)N2Cc2ccccc2)c(NCC)c1. The Hall–Kier alpha value is -3.69. The first kappa shape index (κ1) is 25.9. The average Bonchev–Trinajstić information content (AvgIpc) is 3.42. The maximum Gasteiger partial charge on any atom is 0.269 e. The van der Waals surface area contributed by atoms with Crippen molar-refractivity contribution < 1.29 is 9.59 Å². The molecule has 2 heterocycles. The van der Waals surface area contributed by atoms with Crippen LogP contribution >= 0.6 is 23.5 Å². The number of hydrogen-bond donors (Lipinski definition) is 2. The molecule has 2 N–H and O–H groups in total. The van der Waals surface area contributed by atoms with Crippen LogP contribution in [0.1, 0.15) is 29.8 Å². The third-order valence-corrected chi connectivity index (χ3v) is 8.59. The fraction of sp³-hybridized carbons (Fsp3) is 0.207. The first-order valence-electron chi connectivity index (χ1n) is 12.5. The third kappa shape index (κ3) is 5.16. The zero-order chi connectivity index (χ0) is 26.6. The monoisotopic (exact) mass is 543 g/mol. The number of carbonyl (C=O) groups is 2. The first-order chi connectivity index (χ1) is 18.5. The molecular formula is C29H29N5O2S2. The minimum Gasteiger partial charge on any atom is -0.384 e. The van der Waals surface area contributed by atoms with E-state index in [1.54, 1.807) is 22.7 Å². The van der Waals surface area contributed by atoms with Gasteiger partial charge in [-0.3, -0.25) is 14.5 Å². The van der Waals surface area contributed by atoms with Crippen molar-refractivity contribution in [2.24, 2.45) is 4.99 Å². The van der Waals surface area contributed by atoms with Gasteiger partial charge in [-0.15, -0.1) is 0 Å². The summed E-state index contributed by atoms with van der Waals surface area (Å²) in [7, 11) is 2.00. The van der Waals surface area contributed by atoms with E-state index in [0.717, 1.165) is 26.9 Å². The number of hydrogen-bond acceptors (Lipinski definition) is 7. The van der Waals surface area contributed by atoms with Crippen molar-refractivity contribution in [2.45, 2.75) is 25.3 Å². The highest BCUT2D eigenvalue weighted by Crippen LogP contribution is 2.50. The molecule has 7 nitrogen and oxygen atoms in total. The summed E-state index contributed by atoms with van der Waals surface area (Å²) in [5.74, 6) is -0.196. The molecule has 3 aromatic rings. The lowest BCUT2D eigenvalue weighted by molar-refractivity contribution is -0.122. The number of aliphatic imine (C=N–C) groups is 1. The number of carbonyl (C=O) groups excluding carboxylic acids is 2. The van der Waals surface area contributed by atoms with Crippen LogP contribution in [0.5, 0.6) is 0 Å². The number of para-hydroxylation sites is 1. The van der Waals surface area contributed by atoms with E-state index in [-0.39, 0.29) is 11.8 Å². The van der Waals surface area contributed by atoms with E-state index in [1.807, 2.05) is 75.5 Å². The van der Waals surface area contributed by atoms with Crippen molar-refractivity contribution in [2.75, 3.05) is 30.4 Å². The summed E-state index contributed by atoms with van der Waals surface area (Å²) in [4.78, 5) is 36.9. The maximum absolute atomic E-state index is 13.9. The third-order valence-electron chi connectivity index (χ3n) is 6.16. The van der Waals surface area contributed by atoms with E-state index in [0.29, 0.717) is 41.0 Å². The van der Waals surface area contributed by atoms with Crippen molar-refractivity contribution in [1.29, 1.82) is 0 Å². The second kappa shape index (κ2) is 11.4. The van der Waals surface area contributed by atoms with E-state index in [1.165, 1.54) is 11.8 Å². The predicted octanol–water partition coefficient (Wildman–Crippen LogP) is 6.04. The Kier molecular flexibility index (Phi) is 7.76. The van der Waals surface area contributed by atoms with Gasteiger partial charge in [0.1, 0.15) is 4.91 Å². The highest BCUT2D eigenvalue weighted by atomic mass is 32.2. The van der Waals surface area contributed by atoms with Gasteiger partial charge in [0.2, 0.25) is 0 Å². The molecule has 2 aliphatic heterocycles. The van der Waals surface area contributed by atoms with Gasteiger partial charge in [-0.1, -0.05) is 54.2 Å². The van der Waals surface area contributed by atoms with Crippen LogP contribution in [0.25, 0.3) is 0 Å². The fourth-order valence-electron chi connectivity index (χ4n) is 4.30. The van der Waals surface area contributed by atoms with Gasteiger partial charge < -0.3 is 15.5 Å². The van der Waals surface area contributed by atoms with E-state index in [4.69, 9.17) is 4.99 Å². The number of anilines is 2. The van der Waals surface area contributed by atoms with Gasteiger partial charge in [0.15, 0.2) is 5.17 Å². The summed E-state index contributed by atoms with van der Waals surface area (Å²) in [5, 5.41) is 7.68. The fourth-order valence-corrected chi connectivity index (χ4v) is 6.63. The number of nitrogens with zero attached hydrogens (tertiary/aromatic N) is 3. The predicted molar refractivity (Wildman–Crippen MR) is 158 cm³/mol. The zero-order valence-electron chi connectivity index (χ0n) is 21.5. The zero-order valence-corrected chi connectivity index (χ0v) is 23.2. The average molecular weight is 544 g/mol. The highest BCUT2D eigenvalue weighted by Gasteiger charge is 2.39. The van der Waals surface area contributed by atoms with Crippen LogP contribution in [-0.2, 0) is 11.3 Å². The van der Waals surface area contributed by atoms with Gasteiger partial charge in [-0.2, -0.15) is 0 Å². The van der Waals surface area contributed by atoms with Crippen LogP contribution in [0.2, 0.25) is 0 Å². The maximum atomic E-state index is 13.9. The van der Waals surface area contributed by atoms with Crippen molar-refractivity contribution >= 4 is 57.6 Å². The van der Waals surface area contributed by atoms with Crippen LogP contribution in [-0.4, -0.2) is 42.0 Å². The first-order valence-corrected chi connectivity index (χ1v) is 14.2. The normalized spacial score (nSPS) is 17.8. The minimum absolute atomic E-state index is 0.0660. The molecule has 38 heavy (non-hydrogen) atoms. The highest BCUT2D eigenvalue weighted by molar-refractivity contribution is 8.19. The van der Waals surface area contributed by atoms with E-state index >= 15 is 0 Å². The molecule has 0 atom stereocenters. The Labute approximate surface area is 231 Å². The number of benzene rings is 3. The van der Waals surface area contributed by atoms with E-state index < -0.39 is 0 Å². The Balaban J connectivity index is 1.56. The van der Waals surface area contributed by atoms with Crippen LogP contribution in [0, 0.1) is 0 Å². The minimum atomic E-state index is -0.130. The lowest BCUT2D eigenvalue weighted by Crippen LogP contribution is -2.29. The molecule has 0 spiro atoms. The Bertz CT molecular complexity index is 1440. The molecule has 194 valence electrons. The topological polar surface area (TPSA) is 77.0 Å². The van der Waals surface area contributed by atoms with Crippen LogP contribution in [0.3, 0.4) is 0 Å². The molecule has 0 aromatic heterocycles. The summed E-state index contributed by atoms with van der Waals surface area (Å²) in [6.45, 7) is 5.53. The smallest absolute Gasteiger partial charge is 0.269 e. The molecule has 0 saturated carbocycles.